The number of carbonyl (C=O) groups is 3. The number of phosphoric ester groups is 2. The summed E-state index contributed by atoms with van der Waals surface area (Å²) in [5.74, 6) is -1.60. The summed E-state index contributed by atoms with van der Waals surface area (Å²) in [5, 5.41) is 20.8. The van der Waals surface area contributed by atoms with Crippen molar-refractivity contribution in [1.82, 2.24) is 0 Å². The van der Waals surface area contributed by atoms with Crippen molar-refractivity contribution in [2.75, 3.05) is 39.6 Å². The maximum atomic E-state index is 13.1. The Bertz CT molecular complexity index is 3070. The van der Waals surface area contributed by atoms with E-state index in [1.54, 1.807) is 0 Å². The topological polar surface area (TPSA) is 231 Å². The van der Waals surface area contributed by atoms with Crippen LogP contribution in [0.4, 0.5) is 0 Å². The van der Waals surface area contributed by atoms with Gasteiger partial charge in [0.15, 0.2) is 6.10 Å². The van der Waals surface area contributed by atoms with E-state index in [4.69, 9.17) is 32.3 Å². The quantitative estimate of drug-likeness (QED) is 0.0146. The lowest BCUT2D eigenvalue weighted by Crippen LogP contribution is -2.30. The molecule has 0 aliphatic rings. The lowest BCUT2D eigenvalue weighted by molar-refractivity contribution is -0.161. The minimum atomic E-state index is -4.96. The number of unbranched alkanes of at least 4 members (excludes halogenated alkanes) is 33. The molecule has 0 aliphatic carbocycles. The summed E-state index contributed by atoms with van der Waals surface area (Å²) >= 11 is 0. The summed E-state index contributed by atoms with van der Waals surface area (Å²) in [6, 6.07) is 0. The first-order valence-corrected chi connectivity index (χ1v) is 51.4. The van der Waals surface area contributed by atoms with Crippen molar-refractivity contribution in [3.8, 4) is 0 Å². The molecule has 0 fully saturated rings. The van der Waals surface area contributed by atoms with Gasteiger partial charge in [-0.2, -0.15) is 0 Å². The van der Waals surface area contributed by atoms with Crippen LogP contribution in [0.3, 0.4) is 0 Å². The van der Waals surface area contributed by atoms with E-state index in [2.05, 4.69) is 227 Å². The number of hydrogen-bond donors (Lipinski definition) is 4. The molecular formula is C105H174O16P2. The lowest BCUT2D eigenvalue weighted by atomic mass is 10.0. The van der Waals surface area contributed by atoms with E-state index < -0.39 is 91.5 Å². The zero-order valence-electron chi connectivity index (χ0n) is 77.3. The van der Waals surface area contributed by atoms with Gasteiger partial charge >= 0.3 is 33.6 Å². The van der Waals surface area contributed by atoms with E-state index in [9.17, 15) is 43.5 Å². The highest BCUT2D eigenvalue weighted by molar-refractivity contribution is 7.47. The number of hydrogen-bond acceptors (Lipinski definition) is 14. The Morgan fingerprint density at radius 3 is 0.642 bits per heavy atom. The van der Waals surface area contributed by atoms with Crippen molar-refractivity contribution in [2.24, 2.45) is 0 Å². The molecule has 5 unspecified atom stereocenters. The van der Waals surface area contributed by atoms with Crippen LogP contribution in [0.1, 0.15) is 380 Å². The molecule has 0 amide bonds. The van der Waals surface area contributed by atoms with Crippen LogP contribution in [0.15, 0.2) is 207 Å². The molecule has 0 saturated carbocycles. The summed E-state index contributed by atoms with van der Waals surface area (Å²) in [7, 11) is -9.83. The Balaban J connectivity index is 4.59. The smallest absolute Gasteiger partial charge is 0.463 e. The second-order valence-electron chi connectivity index (χ2n) is 31.7. The molecule has 4 N–H and O–H groups in total. The number of ether oxygens (including phenoxy) is 3. The molecule has 5 atom stereocenters. The summed E-state index contributed by atoms with van der Waals surface area (Å²) in [5.41, 5.74) is 0. The molecule has 0 aromatic heterocycles. The highest BCUT2D eigenvalue weighted by Gasteiger charge is 2.30. The zero-order valence-corrected chi connectivity index (χ0v) is 79.1. The molecule has 0 aromatic rings. The van der Waals surface area contributed by atoms with Crippen LogP contribution in [-0.4, -0.2) is 95.9 Å². The SMILES string of the molecule is CC/C=C\C/C=C\C/C=C\C/C=C\C/C=C\C/C=C\CCCCCCCCCCCCCCCCCCC(=O)OCC(O)COP(=O)(O)OCC(O)COP(=O)(O)OCC(COC(=O)CCCCCCCCCCCCCCC/C=C\C/C=C\C/C=C\C/C=C\C/C=C\CC)OC(=O)CCCCCC/C=C\C/C=C\C/C=C\C/C=C\C/C=C\C/C=C\CC. The summed E-state index contributed by atoms with van der Waals surface area (Å²) in [6.45, 7) is 2.34. The first kappa shape index (κ1) is 117. The van der Waals surface area contributed by atoms with Gasteiger partial charge in [-0.15, -0.1) is 0 Å². The zero-order chi connectivity index (χ0) is 89.3. The number of rotatable bonds is 90. The third-order valence-corrected chi connectivity index (χ3v) is 21.9. The first-order chi connectivity index (χ1) is 60.2. The van der Waals surface area contributed by atoms with Crippen molar-refractivity contribution >= 4 is 33.6 Å². The van der Waals surface area contributed by atoms with Gasteiger partial charge in [0.2, 0.25) is 0 Å². The van der Waals surface area contributed by atoms with Crippen LogP contribution in [0.5, 0.6) is 0 Å². The molecule has 0 heterocycles. The molecule has 0 radical (unpaired) electrons. The monoisotopic (exact) mass is 1750 g/mol. The fourth-order valence-electron chi connectivity index (χ4n) is 12.8. The van der Waals surface area contributed by atoms with Gasteiger partial charge in [-0.3, -0.25) is 32.5 Å². The standard InChI is InChI=1S/C105H174O16P2/c1-4-7-10-13-16-19-22-25-28-31-34-37-40-42-44-46-47-48-49-50-51-53-55-56-59-61-64-67-70-73-76-79-82-85-88-91-103(108)115-94-100(106)95-117-122(111,112)118-96-101(107)97-119-123(113,114)120-99-102(121-105(110)93-90-87-84-81-78-75-72-69-66-63-58-39-36-33-30-27-24-21-18-15-12-9-6-3)98-116-104(109)92-89-86-83-80-77-74-71-68-65-62-60-57-54-52-45-43-41-38-35-32-29-26-23-20-17-14-11-8-5-2/h7-12,16-21,25-30,34-39,42-45,47-48,63,66,72,75,100-102,106-107H,4-6,13-15,22-24,31-33,40-41,46,49-62,64-65,67-71,73-74,76-99H2,1-3H3,(H,111,112)(H,113,114)/b10-7-,11-8-,12-9-,19-16-,20-17-,21-18-,28-25-,29-26-,30-27-,37-34-,38-35-,39-36-,44-42-,45-43-,48-47-,66-63-,75-72-. The third-order valence-electron chi connectivity index (χ3n) is 20.0. The predicted molar refractivity (Wildman–Crippen MR) is 518 cm³/mol. The highest BCUT2D eigenvalue weighted by atomic mass is 31.2. The van der Waals surface area contributed by atoms with Gasteiger partial charge in [0.25, 0.3) is 0 Å². The van der Waals surface area contributed by atoms with E-state index in [1.165, 1.54) is 135 Å². The molecule has 0 aliphatic heterocycles. The van der Waals surface area contributed by atoms with Crippen molar-refractivity contribution in [1.29, 1.82) is 0 Å². The van der Waals surface area contributed by atoms with Gasteiger partial charge in [0.05, 0.1) is 26.4 Å². The highest BCUT2D eigenvalue weighted by Crippen LogP contribution is 2.45. The van der Waals surface area contributed by atoms with Crippen LogP contribution in [-0.2, 0) is 55.8 Å². The first-order valence-electron chi connectivity index (χ1n) is 48.4. The average molecular weight is 1750 g/mol. The number of phosphoric acid groups is 2. The molecular weight excluding hydrogens is 1580 g/mol. The number of aliphatic hydroxyl groups excluding tert-OH is 2. The number of aliphatic hydroxyl groups is 2. The fraction of sp³-hybridized carbons (Fsp3) is 0.648. The Morgan fingerprint density at radius 2 is 0.407 bits per heavy atom. The summed E-state index contributed by atoms with van der Waals surface area (Å²) in [6.07, 6.45) is 129. The lowest BCUT2D eigenvalue weighted by Gasteiger charge is -2.21. The molecule has 16 nitrogen and oxygen atoms in total. The molecule has 700 valence electrons. The van der Waals surface area contributed by atoms with Crippen molar-refractivity contribution in [3.05, 3.63) is 207 Å². The molecule has 0 bridgehead atoms. The minimum Gasteiger partial charge on any atom is -0.463 e. The van der Waals surface area contributed by atoms with Crippen LogP contribution in [0, 0.1) is 0 Å². The molecule has 18 heteroatoms. The molecule has 123 heavy (non-hydrogen) atoms. The average Bonchev–Trinajstić information content (AvgIpc) is 0.890. The summed E-state index contributed by atoms with van der Waals surface area (Å²) < 4.78 is 61.5. The van der Waals surface area contributed by atoms with Crippen LogP contribution in [0.2, 0.25) is 0 Å². The largest absolute Gasteiger partial charge is 0.472 e. The van der Waals surface area contributed by atoms with E-state index in [-0.39, 0.29) is 19.3 Å². The number of esters is 3. The number of allylic oxidation sites excluding steroid dienone is 34. The van der Waals surface area contributed by atoms with E-state index in [0.29, 0.717) is 19.3 Å². The third kappa shape index (κ3) is 96.6. The van der Waals surface area contributed by atoms with E-state index >= 15 is 0 Å². The Kier molecular flexibility index (Phi) is 90.7. The predicted octanol–water partition coefficient (Wildman–Crippen LogP) is 30.3. The van der Waals surface area contributed by atoms with E-state index in [0.717, 1.165) is 186 Å². The second kappa shape index (κ2) is 95.2. The normalized spacial score (nSPS) is 14.6. The van der Waals surface area contributed by atoms with Gasteiger partial charge in [-0.05, 0) is 167 Å². The summed E-state index contributed by atoms with van der Waals surface area (Å²) in [4.78, 5) is 59.1. The van der Waals surface area contributed by atoms with Gasteiger partial charge < -0.3 is 34.2 Å². The second-order valence-corrected chi connectivity index (χ2v) is 34.6. The number of carbonyl (C=O) groups excluding carboxylic acids is 3. The minimum absolute atomic E-state index is 0.0685. The van der Waals surface area contributed by atoms with Crippen molar-refractivity contribution in [3.63, 3.8) is 0 Å². The Hall–Kier alpha value is -5.87. The maximum Gasteiger partial charge on any atom is 0.472 e. The van der Waals surface area contributed by atoms with Crippen LogP contribution in [0.25, 0.3) is 0 Å². The van der Waals surface area contributed by atoms with Crippen LogP contribution < -0.4 is 0 Å². The van der Waals surface area contributed by atoms with Crippen LogP contribution >= 0.6 is 15.6 Å². The molecule has 0 rings (SSSR count). The maximum absolute atomic E-state index is 13.1. The van der Waals surface area contributed by atoms with Gasteiger partial charge in [0.1, 0.15) is 25.4 Å². The van der Waals surface area contributed by atoms with Gasteiger partial charge in [-0.1, -0.05) is 401 Å². The van der Waals surface area contributed by atoms with Crippen molar-refractivity contribution < 1.29 is 75.8 Å². The molecule has 0 spiro atoms. The fourth-order valence-corrected chi connectivity index (χ4v) is 14.4. The molecule has 0 saturated heterocycles. The van der Waals surface area contributed by atoms with Gasteiger partial charge in [0, 0.05) is 19.3 Å². The van der Waals surface area contributed by atoms with E-state index in [1.807, 2.05) is 0 Å². The Morgan fingerprint density at radius 1 is 0.228 bits per heavy atom. The van der Waals surface area contributed by atoms with Gasteiger partial charge in [-0.25, -0.2) is 9.13 Å². The molecule has 0 aromatic carbocycles. The van der Waals surface area contributed by atoms with Crippen molar-refractivity contribution in [2.45, 2.75) is 399 Å². The Labute approximate surface area is 750 Å².